The van der Waals surface area contributed by atoms with E-state index in [0.29, 0.717) is 32.7 Å². The summed E-state index contributed by atoms with van der Waals surface area (Å²) < 4.78 is 5.79. The summed E-state index contributed by atoms with van der Waals surface area (Å²) in [6, 6.07) is 18.1. The SMILES string of the molecule is CC(C)(Oc1ccc(Cl)cc1)C(=O)Nc1ccc(NC(=O)c2ccc(Cl)cc2Cl)cc1. The van der Waals surface area contributed by atoms with Gasteiger partial charge in [0.1, 0.15) is 5.75 Å². The van der Waals surface area contributed by atoms with Crippen molar-refractivity contribution in [2.45, 2.75) is 19.4 Å². The zero-order valence-corrected chi connectivity index (χ0v) is 19.0. The summed E-state index contributed by atoms with van der Waals surface area (Å²) in [7, 11) is 0. The maximum absolute atomic E-state index is 12.7. The highest BCUT2D eigenvalue weighted by molar-refractivity contribution is 6.37. The second-order valence-corrected chi connectivity index (χ2v) is 8.46. The van der Waals surface area contributed by atoms with E-state index >= 15 is 0 Å². The molecule has 0 radical (unpaired) electrons. The second-order valence-electron chi connectivity index (χ2n) is 7.18. The summed E-state index contributed by atoms with van der Waals surface area (Å²) in [6.45, 7) is 3.34. The van der Waals surface area contributed by atoms with Gasteiger partial charge in [0.05, 0.1) is 10.6 Å². The van der Waals surface area contributed by atoms with E-state index in [1.54, 1.807) is 74.5 Å². The molecule has 2 N–H and O–H groups in total. The van der Waals surface area contributed by atoms with E-state index in [4.69, 9.17) is 39.5 Å². The number of rotatable bonds is 6. The first kappa shape index (κ1) is 22.9. The lowest BCUT2D eigenvalue weighted by atomic mass is 10.1. The van der Waals surface area contributed by atoms with Crippen LogP contribution in [0.2, 0.25) is 15.1 Å². The molecule has 5 nitrogen and oxygen atoms in total. The van der Waals surface area contributed by atoms with Gasteiger partial charge >= 0.3 is 0 Å². The Labute approximate surface area is 195 Å². The maximum Gasteiger partial charge on any atom is 0.267 e. The van der Waals surface area contributed by atoms with E-state index in [1.165, 1.54) is 6.07 Å². The van der Waals surface area contributed by atoms with Gasteiger partial charge in [0.25, 0.3) is 11.8 Å². The molecule has 0 aromatic heterocycles. The molecule has 0 bridgehead atoms. The van der Waals surface area contributed by atoms with Crippen molar-refractivity contribution >= 4 is 58.0 Å². The lowest BCUT2D eigenvalue weighted by molar-refractivity contribution is -0.128. The molecule has 0 aliphatic carbocycles. The standard InChI is InChI=1S/C23H19Cl3N2O3/c1-23(2,31-18-10-3-14(24)4-11-18)22(30)28-17-8-6-16(7-9-17)27-21(29)19-12-5-15(25)13-20(19)26/h3-13H,1-2H3,(H,27,29)(H,28,30). The van der Waals surface area contributed by atoms with Crippen LogP contribution >= 0.6 is 34.8 Å². The highest BCUT2D eigenvalue weighted by Gasteiger charge is 2.30. The molecule has 0 atom stereocenters. The van der Waals surface area contributed by atoms with Gasteiger partial charge in [-0.25, -0.2) is 0 Å². The van der Waals surface area contributed by atoms with Gasteiger partial charge in [-0.1, -0.05) is 34.8 Å². The van der Waals surface area contributed by atoms with Crippen LogP contribution in [0.5, 0.6) is 5.75 Å². The Hall–Kier alpha value is -2.73. The number of hydrogen-bond donors (Lipinski definition) is 2. The van der Waals surface area contributed by atoms with E-state index in [9.17, 15) is 9.59 Å². The fourth-order valence-electron chi connectivity index (χ4n) is 2.63. The minimum Gasteiger partial charge on any atom is -0.478 e. The first-order valence-electron chi connectivity index (χ1n) is 9.26. The second kappa shape index (κ2) is 9.60. The van der Waals surface area contributed by atoms with Crippen molar-refractivity contribution in [3.05, 3.63) is 87.4 Å². The molecule has 3 aromatic rings. The van der Waals surface area contributed by atoms with Gasteiger partial charge in [0, 0.05) is 21.4 Å². The number of carbonyl (C=O) groups is 2. The molecule has 0 aliphatic rings. The summed E-state index contributed by atoms with van der Waals surface area (Å²) in [5.74, 6) is -0.161. The van der Waals surface area contributed by atoms with Gasteiger partial charge in [-0.2, -0.15) is 0 Å². The fraction of sp³-hybridized carbons (Fsp3) is 0.130. The molecule has 160 valence electrons. The van der Waals surface area contributed by atoms with Crippen molar-refractivity contribution in [3.63, 3.8) is 0 Å². The molecule has 0 unspecified atom stereocenters. The zero-order chi connectivity index (χ0) is 22.6. The lowest BCUT2D eigenvalue weighted by Gasteiger charge is -2.25. The molecular formula is C23H19Cl3N2O3. The molecule has 0 fully saturated rings. The molecule has 0 saturated carbocycles. The number of anilines is 2. The van der Waals surface area contributed by atoms with Crippen molar-refractivity contribution in [3.8, 4) is 5.75 Å². The molecule has 2 amide bonds. The summed E-state index contributed by atoms with van der Waals surface area (Å²) in [6.07, 6.45) is 0. The number of benzene rings is 3. The van der Waals surface area contributed by atoms with Crippen LogP contribution < -0.4 is 15.4 Å². The number of nitrogens with one attached hydrogen (secondary N) is 2. The summed E-state index contributed by atoms with van der Waals surface area (Å²) in [4.78, 5) is 25.1. The third-order valence-electron chi connectivity index (χ3n) is 4.31. The van der Waals surface area contributed by atoms with Crippen LogP contribution in [-0.4, -0.2) is 17.4 Å². The number of carbonyl (C=O) groups excluding carboxylic acids is 2. The molecule has 0 saturated heterocycles. The Bertz CT molecular complexity index is 1100. The molecule has 0 heterocycles. The monoisotopic (exact) mass is 476 g/mol. The molecule has 8 heteroatoms. The van der Waals surface area contributed by atoms with Crippen molar-refractivity contribution in [2.24, 2.45) is 0 Å². The molecule has 0 aliphatic heterocycles. The Kier molecular flexibility index (Phi) is 7.11. The quantitative estimate of drug-likeness (QED) is 0.415. The summed E-state index contributed by atoms with van der Waals surface area (Å²) >= 11 is 17.8. The minimum absolute atomic E-state index is 0.261. The van der Waals surface area contributed by atoms with Crippen molar-refractivity contribution in [1.82, 2.24) is 0 Å². The van der Waals surface area contributed by atoms with Crippen molar-refractivity contribution in [1.29, 1.82) is 0 Å². The third kappa shape index (κ3) is 6.14. The smallest absolute Gasteiger partial charge is 0.267 e. The largest absolute Gasteiger partial charge is 0.478 e. The highest BCUT2D eigenvalue weighted by Crippen LogP contribution is 2.24. The van der Waals surface area contributed by atoms with E-state index in [1.807, 2.05) is 0 Å². The predicted octanol–water partition coefficient (Wildman–Crippen LogP) is 6.70. The van der Waals surface area contributed by atoms with E-state index in [2.05, 4.69) is 10.6 Å². The zero-order valence-electron chi connectivity index (χ0n) is 16.7. The first-order valence-corrected chi connectivity index (χ1v) is 10.4. The number of amides is 2. The van der Waals surface area contributed by atoms with Gasteiger partial charge in [-0.3, -0.25) is 9.59 Å². The third-order valence-corrected chi connectivity index (χ3v) is 5.11. The molecule has 3 aromatic carbocycles. The van der Waals surface area contributed by atoms with Gasteiger partial charge in [0.15, 0.2) is 5.60 Å². The van der Waals surface area contributed by atoms with Crippen LogP contribution in [0.25, 0.3) is 0 Å². The fourth-order valence-corrected chi connectivity index (χ4v) is 3.25. The normalized spacial score (nSPS) is 11.0. The van der Waals surface area contributed by atoms with Gasteiger partial charge in [-0.05, 0) is 80.6 Å². The highest BCUT2D eigenvalue weighted by atomic mass is 35.5. The Morgan fingerprint density at radius 2 is 1.32 bits per heavy atom. The van der Waals surface area contributed by atoms with E-state index < -0.39 is 5.60 Å². The minimum atomic E-state index is -1.12. The van der Waals surface area contributed by atoms with Gasteiger partial charge in [-0.15, -0.1) is 0 Å². The van der Waals surface area contributed by atoms with E-state index in [-0.39, 0.29) is 16.8 Å². The number of ether oxygens (including phenoxy) is 1. The number of halogens is 3. The molecule has 31 heavy (non-hydrogen) atoms. The molecule has 3 rings (SSSR count). The van der Waals surface area contributed by atoms with Crippen LogP contribution in [0.4, 0.5) is 11.4 Å². The number of hydrogen-bond acceptors (Lipinski definition) is 3. The van der Waals surface area contributed by atoms with Crippen molar-refractivity contribution in [2.75, 3.05) is 10.6 Å². The van der Waals surface area contributed by atoms with Gasteiger partial charge in [0.2, 0.25) is 0 Å². The van der Waals surface area contributed by atoms with Crippen LogP contribution in [0.1, 0.15) is 24.2 Å². The molecular weight excluding hydrogens is 459 g/mol. The lowest BCUT2D eigenvalue weighted by Crippen LogP contribution is -2.42. The van der Waals surface area contributed by atoms with Crippen LogP contribution in [0.15, 0.2) is 66.7 Å². The first-order chi connectivity index (χ1) is 14.6. The van der Waals surface area contributed by atoms with Crippen LogP contribution in [0.3, 0.4) is 0 Å². The molecule has 0 spiro atoms. The van der Waals surface area contributed by atoms with Crippen LogP contribution in [-0.2, 0) is 4.79 Å². The Morgan fingerprint density at radius 1 is 0.774 bits per heavy atom. The Balaban J connectivity index is 1.62. The topological polar surface area (TPSA) is 67.4 Å². The summed E-state index contributed by atoms with van der Waals surface area (Å²) in [5, 5.41) is 6.85. The van der Waals surface area contributed by atoms with Crippen molar-refractivity contribution < 1.29 is 14.3 Å². The average Bonchev–Trinajstić information content (AvgIpc) is 2.71. The maximum atomic E-state index is 12.7. The Morgan fingerprint density at radius 3 is 1.90 bits per heavy atom. The average molecular weight is 478 g/mol. The van der Waals surface area contributed by atoms with E-state index in [0.717, 1.165) is 0 Å². The van der Waals surface area contributed by atoms with Gasteiger partial charge < -0.3 is 15.4 Å². The summed E-state index contributed by atoms with van der Waals surface area (Å²) in [5.41, 5.74) is 0.294. The predicted molar refractivity (Wildman–Crippen MR) is 126 cm³/mol. The van der Waals surface area contributed by atoms with Crippen LogP contribution in [0, 0.1) is 0 Å².